The van der Waals surface area contributed by atoms with Crippen molar-refractivity contribution in [3.63, 3.8) is 0 Å². The predicted molar refractivity (Wildman–Crippen MR) is 103 cm³/mol. The lowest BCUT2D eigenvalue weighted by Crippen LogP contribution is -2.37. The molecule has 1 saturated carbocycles. The molecular formula is C16H30Cl2N6O. The summed E-state index contributed by atoms with van der Waals surface area (Å²) in [6.07, 6.45) is 9.10. The minimum atomic E-state index is -0.120. The second-order valence-corrected chi connectivity index (χ2v) is 6.74. The highest BCUT2D eigenvalue weighted by atomic mass is 35.5. The van der Waals surface area contributed by atoms with E-state index in [2.05, 4.69) is 32.9 Å². The van der Waals surface area contributed by atoms with Crippen LogP contribution in [-0.2, 0) is 0 Å². The third-order valence-electron chi connectivity index (χ3n) is 5.12. The number of hydrogen-bond acceptors (Lipinski definition) is 5. The van der Waals surface area contributed by atoms with E-state index >= 15 is 0 Å². The van der Waals surface area contributed by atoms with Gasteiger partial charge in [-0.05, 0) is 45.8 Å². The zero-order valence-corrected chi connectivity index (χ0v) is 16.4. The molecule has 0 aromatic carbocycles. The summed E-state index contributed by atoms with van der Waals surface area (Å²) in [5.41, 5.74) is 0.423. The van der Waals surface area contributed by atoms with Gasteiger partial charge in [0.05, 0.1) is 12.2 Å². The van der Waals surface area contributed by atoms with Crippen LogP contribution < -0.4 is 10.6 Å². The zero-order chi connectivity index (χ0) is 16.1. The summed E-state index contributed by atoms with van der Waals surface area (Å²) in [6.45, 7) is 3.55. The van der Waals surface area contributed by atoms with Gasteiger partial charge in [0.15, 0.2) is 5.69 Å². The fourth-order valence-electron chi connectivity index (χ4n) is 3.59. The first-order valence-corrected chi connectivity index (χ1v) is 8.85. The van der Waals surface area contributed by atoms with Crippen molar-refractivity contribution in [2.24, 2.45) is 0 Å². The third kappa shape index (κ3) is 6.09. The Bertz CT molecular complexity index is 514. The number of piperidine rings is 1. The number of carbonyl (C=O) groups excluding carboxylic acids is 1. The Kier molecular flexibility index (Phi) is 9.71. The lowest BCUT2D eigenvalue weighted by molar-refractivity contribution is 0.0942. The number of aromatic nitrogens is 3. The standard InChI is InChI=1S/C16H28N6O.2ClH/c1-21(13-4-2-3-5-13)11-10-18-16(23)15-12-22(20-19-15)14-6-8-17-9-7-14;;/h12-14,17H,2-11H2,1H3,(H,18,23);2*1H. The molecule has 9 heteroatoms. The quantitative estimate of drug-likeness (QED) is 0.769. The van der Waals surface area contributed by atoms with Crippen molar-refractivity contribution in [3.05, 3.63) is 11.9 Å². The second-order valence-electron chi connectivity index (χ2n) is 6.74. The maximum atomic E-state index is 12.2. The van der Waals surface area contributed by atoms with Gasteiger partial charge >= 0.3 is 0 Å². The summed E-state index contributed by atoms with van der Waals surface area (Å²) >= 11 is 0. The Hall–Kier alpha value is -0.890. The van der Waals surface area contributed by atoms with Gasteiger partial charge < -0.3 is 15.5 Å². The maximum Gasteiger partial charge on any atom is 0.273 e. The number of rotatable bonds is 6. The van der Waals surface area contributed by atoms with Crippen molar-refractivity contribution < 1.29 is 4.79 Å². The van der Waals surface area contributed by atoms with E-state index in [0.717, 1.165) is 32.5 Å². The molecule has 1 aromatic heterocycles. The molecule has 2 aliphatic rings. The normalized spacial score (nSPS) is 18.6. The van der Waals surface area contributed by atoms with Crippen molar-refractivity contribution in [2.45, 2.75) is 50.6 Å². The first-order valence-electron chi connectivity index (χ1n) is 8.85. The molecule has 144 valence electrons. The molecule has 7 nitrogen and oxygen atoms in total. The van der Waals surface area contributed by atoms with Crippen LogP contribution in [0.3, 0.4) is 0 Å². The minimum absolute atomic E-state index is 0. The smallest absolute Gasteiger partial charge is 0.273 e. The Morgan fingerprint density at radius 3 is 2.64 bits per heavy atom. The summed E-state index contributed by atoms with van der Waals surface area (Å²) in [4.78, 5) is 14.5. The van der Waals surface area contributed by atoms with Gasteiger partial charge in [0.1, 0.15) is 0 Å². The van der Waals surface area contributed by atoms with E-state index in [9.17, 15) is 4.79 Å². The van der Waals surface area contributed by atoms with E-state index in [0.29, 0.717) is 24.3 Å². The number of hydrogen-bond donors (Lipinski definition) is 2. The van der Waals surface area contributed by atoms with E-state index in [4.69, 9.17) is 0 Å². The minimum Gasteiger partial charge on any atom is -0.349 e. The highest BCUT2D eigenvalue weighted by Crippen LogP contribution is 2.21. The summed E-state index contributed by atoms with van der Waals surface area (Å²) in [5, 5.41) is 14.5. The molecule has 2 fully saturated rings. The molecule has 1 saturated heterocycles. The van der Waals surface area contributed by atoms with Gasteiger partial charge in [-0.15, -0.1) is 29.9 Å². The van der Waals surface area contributed by atoms with E-state index in [-0.39, 0.29) is 30.7 Å². The molecule has 0 radical (unpaired) electrons. The van der Waals surface area contributed by atoms with Gasteiger partial charge in [0.2, 0.25) is 0 Å². The Labute approximate surface area is 162 Å². The number of amides is 1. The van der Waals surface area contributed by atoms with Crippen LogP contribution in [0.4, 0.5) is 0 Å². The monoisotopic (exact) mass is 392 g/mol. The van der Waals surface area contributed by atoms with Crippen LogP contribution in [-0.4, -0.2) is 65.1 Å². The molecular weight excluding hydrogens is 363 g/mol. The fourth-order valence-corrected chi connectivity index (χ4v) is 3.59. The molecule has 1 aromatic rings. The first kappa shape index (κ1) is 22.2. The summed E-state index contributed by atoms with van der Waals surface area (Å²) in [6, 6.07) is 1.05. The Morgan fingerprint density at radius 2 is 1.96 bits per heavy atom. The Morgan fingerprint density at radius 1 is 1.28 bits per heavy atom. The lowest BCUT2D eigenvalue weighted by Gasteiger charge is -2.23. The maximum absolute atomic E-state index is 12.2. The Balaban J connectivity index is 0.00000156. The topological polar surface area (TPSA) is 75.1 Å². The molecule has 2 heterocycles. The highest BCUT2D eigenvalue weighted by molar-refractivity contribution is 5.91. The lowest BCUT2D eigenvalue weighted by atomic mass is 10.1. The van der Waals surface area contributed by atoms with E-state index in [1.807, 2.05) is 4.68 Å². The molecule has 0 spiro atoms. The van der Waals surface area contributed by atoms with E-state index < -0.39 is 0 Å². The third-order valence-corrected chi connectivity index (χ3v) is 5.12. The van der Waals surface area contributed by atoms with Crippen molar-refractivity contribution >= 4 is 30.7 Å². The number of nitrogens with zero attached hydrogens (tertiary/aromatic N) is 4. The van der Waals surface area contributed by atoms with E-state index in [1.54, 1.807) is 6.20 Å². The van der Waals surface area contributed by atoms with Crippen molar-refractivity contribution in [1.82, 2.24) is 30.5 Å². The average Bonchev–Trinajstić information content (AvgIpc) is 3.27. The van der Waals surface area contributed by atoms with Crippen LogP contribution in [0.15, 0.2) is 6.20 Å². The average molecular weight is 393 g/mol. The highest BCUT2D eigenvalue weighted by Gasteiger charge is 2.20. The molecule has 1 aliphatic heterocycles. The largest absolute Gasteiger partial charge is 0.349 e. The number of nitrogens with one attached hydrogen (secondary N) is 2. The molecule has 0 unspecified atom stereocenters. The number of likely N-dealkylation sites (N-methyl/N-ethyl adjacent to an activating group) is 1. The van der Waals surface area contributed by atoms with Crippen LogP contribution in [0.5, 0.6) is 0 Å². The van der Waals surface area contributed by atoms with Crippen LogP contribution in [0, 0.1) is 0 Å². The molecule has 1 amide bonds. The molecule has 0 bridgehead atoms. The van der Waals surface area contributed by atoms with Gasteiger partial charge in [0, 0.05) is 19.1 Å². The predicted octanol–water partition coefficient (Wildman–Crippen LogP) is 1.65. The molecule has 2 N–H and O–H groups in total. The van der Waals surface area contributed by atoms with Crippen LogP contribution in [0.1, 0.15) is 55.1 Å². The van der Waals surface area contributed by atoms with Crippen molar-refractivity contribution in [2.75, 3.05) is 33.2 Å². The number of halogens is 2. The van der Waals surface area contributed by atoms with Gasteiger partial charge in [0.25, 0.3) is 5.91 Å². The van der Waals surface area contributed by atoms with Gasteiger partial charge in [-0.2, -0.15) is 0 Å². The summed E-state index contributed by atoms with van der Waals surface area (Å²) in [7, 11) is 2.15. The van der Waals surface area contributed by atoms with Gasteiger partial charge in [-0.1, -0.05) is 18.1 Å². The van der Waals surface area contributed by atoms with Crippen LogP contribution in [0.25, 0.3) is 0 Å². The van der Waals surface area contributed by atoms with Gasteiger partial charge in [-0.25, -0.2) is 4.68 Å². The molecule has 25 heavy (non-hydrogen) atoms. The second kappa shape index (κ2) is 11.0. The first-order chi connectivity index (χ1) is 11.2. The molecule has 0 atom stereocenters. The number of carbonyl (C=O) groups is 1. The van der Waals surface area contributed by atoms with Gasteiger partial charge in [-0.3, -0.25) is 4.79 Å². The molecule has 1 aliphatic carbocycles. The summed E-state index contributed by atoms with van der Waals surface area (Å²) < 4.78 is 1.85. The van der Waals surface area contributed by atoms with Crippen LogP contribution >= 0.6 is 24.8 Å². The fraction of sp³-hybridized carbons (Fsp3) is 0.812. The molecule has 3 rings (SSSR count). The van der Waals surface area contributed by atoms with Crippen LogP contribution in [0.2, 0.25) is 0 Å². The summed E-state index contributed by atoms with van der Waals surface area (Å²) in [5.74, 6) is -0.120. The van der Waals surface area contributed by atoms with Crippen molar-refractivity contribution in [3.8, 4) is 0 Å². The van der Waals surface area contributed by atoms with E-state index in [1.165, 1.54) is 25.7 Å². The SMILES string of the molecule is CN(CCNC(=O)c1cn(C2CCNCC2)nn1)C1CCCC1.Cl.Cl. The zero-order valence-electron chi connectivity index (χ0n) is 14.8. The van der Waals surface area contributed by atoms with Crippen molar-refractivity contribution in [1.29, 1.82) is 0 Å².